The molecule has 0 aliphatic rings. The minimum atomic E-state index is -0.0931. The van der Waals surface area contributed by atoms with E-state index in [0.717, 1.165) is 24.2 Å². The summed E-state index contributed by atoms with van der Waals surface area (Å²) in [6.45, 7) is 2.82. The Morgan fingerprint density at radius 1 is 0.870 bits per heavy atom. The van der Waals surface area contributed by atoms with Crippen LogP contribution in [0.3, 0.4) is 0 Å². The van der Waals surface area contributed by atoms with Gasteiger partial charge in [-0.05, 0) is 6.42 Å². The predicted octanol–water partition coefficient (Wildman–Crippen LogP) is 5.81. The highest BCUT2D eigenvalue weighted by molar-refractivity contribution is 8.76. The van der Waals surface area contributed by atoms with E-state index < -0.39 is 0 Å². The van der Waals surface area contributed by atoms with Gasteiger partial charge in [0.05, 0.1) is 13.0 Å². The highest BCUT2D eigenvalue weighted by Gasteiger charge is 2.02. The second-order valence-electron chi connectivity index (χ2n) is 5.75. The first-order chi connectivity index (χ1) is 11.3. The van der Waals surface area contributed by atoms with Gasteiger partial charge in [-0.25, -0.2) is 0 Å². The van der Waals surface area contributed by atoms with Crippen molar-refractivity contribution in [3.05, 3.63) is 0 Å². The Hall–Kier alpha value is -0.160. The maximum absolute atomic E-state index is 11.5. The second-order valence-corrected chi connectivity index (χ2v) is 8.45. The maximum Gasteiger partial charge on any atom is 0.306 e. The lowest BCUT2D eigenvalue weighted by Crippen LogP contribution is -2.06. The Balaban J connectivity index is 3.13. The summed E-state index contributed by atoms with van der Waals surface area (Å²) in [5.41, 5.74) is 0. The molecular weight excluding hydrogens is 328 g/mol. The summed E-state index contributed by atoms with van der Waals surface area (Å²) in [6, 6.07) is 0. The first-order valence-electron chi connectivity index (χ1n) is 9.15. The number of carbonyl (C=O) groups is 2. The Kier molecular flexibility index (Phi) is 19.7. The number of ether oxygens (including phenoxy) is 1. The summed E-state index contributed by atoms with van der Waals surface area (Å²) in [7, 11) is 3.28. The summed E-state index contributed by atoms with van der Waals surface area (Å²) >= 11 is 0. The molecule has 0 N–H and O–H groups in total. The average molecular weight is 363 g/mol. The van der Waals surface area contributed by atoms with Crippen LogP contribution in [0.1, 0.15) is 84.0 Å². The largest absolute Gasteiger partial charge is 0.466 e. The van der Waals surface area contributed by atoms with E-state index >= 15 is 0 Å². The van der Waals surface area contributed by atoms with Gasteiger partial charge in [0.15, 0.2) is 0 Å². The fraction of sp³-hybridized carbons (Fsp3) is 0.889. The molecule has 0 rings (SSSR count). The number of aldehydes is 1. The quantitative estimate of drug-likeness (QED) is 0.133. The molecule has 0 spiro atoms. The van der Waals surface area contributed by atoms with Crippen molar-refractivity contribution in [2.45, 2.75) is 84.0 Å². The van der Waals surface area contributed by atoms with Crippen molar-refractivity contribution in [3.63, 3.8) is 0 Å². The Labute approximate surface area is 150 Å². The summed E-state index contributed by atoms with van der Waals surface area (Å²) in [5.74, 6) is 1.49. The van der Waals surface area contributed by atoms with Crippen molar-refractivity contribution in [1.29, 1.82) is 0 Å². The van der Waals surface area contributed by atoms with Crippen molar-refractivity contribution >= 4 is 33.8 Å². The highest BCUT2D eigenvalue weighted by Crippen LogP contribution is 2.22. The molecule has 0 aliphatic carbocycles. The van der Waals surface area contributed by atoms with Crippen LogP contribution >= 0.6 is 21.6 Å². The van der Waals surface area contributed by atoms with Crippen molar-refractivity contribution in [1.82, 2.24) is 0 Å². The molecular formula is C18H34O3S2. The van der Waals surface area contributed by atoms with Gasteiger partial charge in [-0.1, -0.05) is 86.3 Å². The van der Waals surface area contributed by atoms with Gasteiger partial charge in [-0.3, -0.25) is 4.79 Å². The lowest BCUT2D eigenvalue weighted by molar-refractivity contribution is -0.143. The standard InChI is InChI=1S/C18H34O3S2/c1-2-3-4-5-6-7-8-9-10-11-15-21-18(20)13-17-23-22-16-12-14-19/h14H,2-13,15-17H2,1H3. The van der Waals surface area contributed by atoms with Gasteiger partial charge in [0.1, 0.15) is 6.29 Å². The van der Waals surface area contributed by atoms with Gasteiger partial charge in [-0.15, -0.1) is 0 Å². The second kappa shape index (κ2) is 19.9. The number of esters is 1. The third kappa shape index (κ3) is 19.8. The molecule has 3 nitrogen and oxygen atoms in total. The van der Waals surface area contributed by atoms with Crippen LogP contribution in [0, 0.1) is 0 Å². The van der Waals surface area contributed by atoms with E-state index in [1.807, 2.05) is 0 Å². The van der Waals surface area contributed by atoms with Crippen LogP contribution in [-0.2, 0) is 14.3 Å². The van der Waals surface area contributed by atoms with Crippen molar-refractivity contribution in [2.24, 2.45) is 0 Å². The van der Waals surface area contributed by atoms with Crippen LogP contribution in [0.15, 0.2) is 0 Å². The normalized spacial score (nSPS) is 10.7. The smallest absolute Gasteiger partial charge is 0.306 e. The van der Waals surface area contributed by atoms with E-state index in [4.69, 9.17) is 4.74 Å². The first-order valence-corrected chi connectivity index (χ1v) is 11.6. The summed E-state index contributed by atoms with van der Waals surface area (Å²) in [6.07, 6.45) is 14.9. The number of unbranched alkanes of at least 4 members (excludes halogenated alkanes) is 9. The molecule has 0 saturated heterocycles. The van der Waals surface area contributed by atoms with Crippen LogP contribution < -0.4 is 0 Å². The van der Waals surface area contributed by atoms with E-state index in [1.54, 1.807) is 21.6 Å². The van der Waals surface area contributed by atoms with Crippen molar-refractivity contribution in [2.75, 3.05) is 18.1 Å². The third-order valence-corrected chi connectivity index (χ3v) is 5.99. The fourth-order valence-electron chi connectivity index (χ4n) is 2.19. The Bertz CT molecular complexity index is 273. The minimum absolute atomic E-state index is 0.0931. The third-order valence-electron chi connectivity index (χ3n) is 3.55. The Morgan fingerprint density at radius 3 is 2.04 bits per heavy atom. The fourth-order valence-corrected chi connectivity index (χ4v) is 4.11. The number of hydrogen-bond donors (Lipinski definition) is 0. The highest BCUT2D eigenvalue weighted by atomic mass is 33.1. The average Bonchev–Trinajstić information content (AvgIpc) is 2.56. The molecule has 136 valence electrons. The monoisotopic (exact) mass is 362 g/mol. The van der Waals surface area contributed by atoms with Crippen LogP contribution in [-0.4, -0.2) is 30.4 Å². The van der Waals surface area contributed by atoms with Crippen molar-refractivity contribution in [3.8, 4) is 0 Å². The minimum Gasteiger partial charge on any atom is -0.466 e. The number of carbonyl (C=O) groups excluding carboxylic acids is 2. The molecule has 0 atom stereocenters. The molecule has 0 heterocycles. The summed E-state index contributed by atoms with van der Waals surface area (Å²) in [4.78, 5) is 21.6. The van der Waals surface area contributed by atoms with E-state index in [2.05, 4.69) is 6.92 Å². The van der Waals surface area contributed by atoms with Crippen LogP contribution in [0.2, 0.25) is 0 Å². The molecule has 0 aliphatic heterocycles. The zero-order chi connectivity index (χ0) is 17.0. The van der Waals surface area contributed by atoms with Crippen molar-refractivity contribution < 1.29 is 14.3 Å². The van der Waals surface area contributed by atoms with E-state index in [9.17, 15) is 9.59 Å². The molecule has 0 aromatic rings. The van der Waals surface area contributed by atoms with E-state index in [0.29, 0.717) is 19.4 Å². The van der Waals surface area contributed by atoms with Gasteiger partial charge in [0.25, 0.3) is 0 Å². The molecule has 0 radical (unpaired) electrons. The zero-order valence-electron chi connectivity index (χ0n) is 14.7. The molecule has 0 fully saturated rings. The lowest BCUT2D eigenvalue weighted by atomic mass is 10.1. The number of hydrogen-bond acceptors (Lipinski definition) is 5. The molecule has 0 aromatic carbocycles. The first kappa shape index (κ1) is 22.8. The van der Waals surface area contributed by atoms with E-state index in [-0.39, 0.29) is 5.97 Å². The SMILES string of the molecule is CCCCCCCCCCCCOC(=O)CCSSCCC=O. The summed E-state index contributed by atoms with van der Waals surface area (Å²) < 4.78 is 5.22. The molecule has 0 amide bonds. The topological polar surface area (TPSA) is 43.4 Å². The molecule has 5 heteroatoms. The molecule has 0 bridgehead atoms. The van der Waals surface area contributed by atoms with Gasteiger partial charge in [0.2, 0.25) is 0 Å². The lowest BCUT2D eigenvalue weighted by Gasteiger charge is -2.05. The summed E-state index contributed by atoms with van der Waals surface area (Å²) in [5, 5.41) is 0. The zero-order valence-corrected chi connectivity index (χ0v) is 16.4. The van der Waals surface area contributed by atoms with Gasteiger partial charge >= 0.3 is 5.97 Å². The predicted molar refractivity (Wildman–Crippen MR) is 103 cm³/mol. The van der Waals surface area contributed by atoms with Gasteiger partial charge < -0.3 is 9.53 Å². The Morgan fingerprint density at radius 2 is 1.43 bits per heavy atom. The van der Waals surface area contributed by atoms with Gasteiger partial charge in [0, 0.05) is 17.9 Å². The van der Waals surface area contributed by atoms with Crippen LogP contribution in [0.25, 0.3) is 0 Å². The molecule has 0 aromatic heterocycles. The molecule has 23 heavy (non-hydrogen) atoms. The van der Waals surface area contributed by atoms with E-state index in [1.165, 1.54) is 57.8 Å². The maximum atomic E-state index is 11.5. The number of rotatable bonds is 18. The molecule has 0 saturated carbocycles. The van der Waals surface area contributed by atoms with Crippen LogP contribution in [0.5, 0.6) is 0 Å². The van der Waals surface area contributed by atoms with Gasteiger partial charge in [-0.2, -0.15) is 0 Å². The molecule has 0 unspecified atom stereocenters. The van der Waals surface area contributed by atoms with Crippen LogP contribution in [0.4, 0.5) is 0 Å².